The highest BCUT2D eigenvalue weighted by atomic mass is 19.1. The van der Waals surface area contributed by atoms with Gasteiger partial charge in [0.2, 0.25) is 0 Å². The van der Waals surface area contributed by atoms with Crippen molar-refractivity contribution in [2.45, 2.75) is 6.92 Å². The lowest BCUT2D eigenvalue weighted by atomic mass is 10.0. The minimum Gasteiger partial charge on any atom is -0.494 e. The molecule has 0 unspecified atom stereocenters. The molecule has 0 aromatic heterocycles. The third-order valence-electron chi connectivity index (χ3n) is 4.08. The lowest BCUT2D eigenvalue weighted by Crippen LogP contribution is -2.08. The van der Waals surface area contributed by atoms with Gasteiger partial charge in [0.1, 0.15) is 40.4 Å². The Hall–Kier alpha value is -4.10. The van der Waals surface area contributed by atoms with Gasteiger partial charge in [0, 0.05) is 11.4 Å². The van der Waals surface area contributed by atoms with E-state index in [1.807, 2.05) is 6.92 Å². The molecule has 0 saturated carbocycles. The zero-order valence-corrected chi connectivity index (χ0v) is 15.5. The topological polar surface area (TPSA) is 80.9 Å². The van der Waals surface area contributed by atoms with E-state index in [0.717, 1.165) is 0 Å². The number of nitrogens with one attached hydrogen (secondary N) is 2. The first-order valence-electron chi connectivity index (χ1n) is 8.76. The number of nitriles is 2. The van der Waals surface area contributed by atoms with Gasteiger partial charge in [0.15, 0.2) is 11.6 Å². The van der Waals surface area contributed by atoms with Gasteiger partial charge in [-0.05, 0) is 43.3 Å². The molecular formula is C22H16F2N4O. The molecule has 0 atom stereocenters. The maximum absolute atomic E-state index is 15.1. The van der Waals surface area contributed by atoms with Crippen LogP contribution in [0, 0.1) is 34.3 Å². The predicted molar refractivity (Wildman–Crippen MR) is 106 cm³/mol. The molecule has 3 aromatic rings. The molecule has 0 fully saturated rings. The summed E-state index contributed by atoms with van der Waals surface area (Å²) in [4.78, 5) is 0. The number of benzene rings is 3. The standard InChI is InChI=1S/C22H16F2N4O/c1-2-29-16-10-8-15(9-11-16)28-22-20(24)18(13-26)17(12-25)19(23)21(22)27-14-6-4-3-5-7-14/h3-11,27-28H,2H2,1H3. The minimum absolute atomic E-state index is 0.266. The van der Waals surface area contributed by atoms with E-state index in [1.54, 1.807) is 66.7 Å². The molecule has 0 spiro atoms. The largest absolute Gasteiger partial charge is 0.494 e. The van der Waals surface area contributed by atoms with E-state index >= 15 is 8.78 Å². The van der Waals surface area contributed by atoms with Crippen LogP contribution in [0.3, 0.4) is 0 Å². The van der Waals surface area contributed by atoms with Crippen molar-refractivity contribution in [2.24, 2.45) is 0 Å². The van der Waals surface area contributed by atoms with E-state index in [1.165, 1.54) is 0 Å². The molecule has 7 heteroatoms. The van der Waals surface area contributed by atoms with Gasteiger partial charge in [-0.2, -0.15) is 10.5 Å². The number of anilines is 4. The van der Waals surface area contributed by atoms with Crippen LogP contribution in [-0.2, 0) is 0 Å². The van der Waals surface area contributed by atoms with Gasteiger partial charge in [0.05, 0.1) is 6.61 Å². The van der Waals surface area contributed by atoms with Gasteiger partial charge < -0.3 is 15.4 Å². The molecule has 0 amide bonds. The summed E-state index contributed by atoms with van der Waals surface area (Å²) < 4.78 is 35.5. The Morgan fingerprint density at radius 2 is 1.28 bits per heavy atom. The molecule has 3 aromatic carbocycles. The lowest BCUT2D eigenvalue weighted by molar-refractivity contribution is 0.340. The molecule has 0 bridgehead atoms. The molecule has 0 saturated heterocycles. The Labute approximate surface area is 166 Å². The van der Waals surface area contributed by atoms with Crippen molar-refractivity contribution < 1.29 is 13.5 Å². The van der Waals surface area contributed by atoms with Crippen molar-refractivity contribution in [3.05, 3.63) is 77.4 Å². The Morgan fingerprint density at radius 1 is 0.793 bits per heavy atom. The zero-order chi connectivity index (χ0) is 20.8. The smallest absolute Gasteiger partial charge is 0.168 e. The number of hydrogen-bond donors (Lipinski definition) is 2. The fourth-order valence-electron chi connectivity index (χ4n) is 2.75. The summed E-state index contributed by atoms with van der Waals surface area (Å²) in [6.45, 7) is 2.35. The van der Waals surface area contributed by atoms with E-state index in [9.17, 15) is 10.5 Å². The molecule has 29 heavy (non-hydrogen) atoms. The Bertz CT molecular complexity index is 1100. The van der Waals surface area contributed by atoms with Crippen LogP contribution in [0.15, 0.2) is 54.6 Å². The van der Waals surface area contributed by atoms with Gasteiger partial charge >= 0.3 is 0 Å². The van der Waals surface area contributed by atoms with Crippen LogP contribution in [0.25, 0.3) is 0 Å². The summed E-state index contributed by atoms with van der Waals surface area (Å²) in [7, 11) is 0. The number of hydrogen-bond acceptors (Lipinski definition) is 5. The SMILES string of the molecule is CCOc1ccc(Nc2c(F)c(C#N)c(C#N)c(F)c2Nc2ccccc2)cc1. The first kappa shape index (κ1) is 19.7. The molecule has 2 N–H and O–H groups in total. The molecule has 5 nitrogen and oxygen atoms in total. The number of halogens is 2. The number of rotatable bonds is 6. The van der Waals surface area contributed by atoms with Gasteiger partial charge in [-0.15, -0.1) is 0 Å². The second kappa shape index (κ2) is 8.73. The number of para-hydroxylation sites is 1. The fourth-order valence-corrected chi connectivity index (χ4v) is 2.75. The van der Waals surface area contributed by atoms with E-state index in [2.05, 4.69) is 10.6 Å². The Kier molecular flexibility index (Phi) is 5.91. The van der Waals surface area contributed by atoms with E-state index in [0.29, 0.717) is 23.7 Å². The normalized spacial score (nSPS) is 9.97. The van der Waals surface area contributed by atoms with Crippen LogP contribution in [0.2, 0.25) is 0 Å². The van der Waals surface area contributed by atoms with Crippen molar-refractivity contribution in [1.82, 2.24) is 0 Å². The predicted octanol–water partition coefficient (Wildman–Crippen LogP) is 5.59. The molecule has 0 aliphatic rings. The molecule has 0 aliphatic heterocycles. The molecule has 3 rings (SSSR count). The second-order valence-corrected chi connectivity index (χ2v) is 5.92. The first-order chi connectivity index (χ1) is 14.1. The average Bonchev–Trinajstić information content (AvgIpc) is 2.75. The number of ether oxygens (including phenoxy) is 1. The van der Waals surface area contributed by atoms with E-state index in [4.69, 9.17) is 4.74 Å². The highest BCUT2D eigenvalue weighted by Gasteiger charge is 2.25. The first-order valence-corrected chi connectivity index (χ1v) is 8.76. The third kappa shape index (κ3) is 4.10. The van der Waals surface area contributed by atoms with E-state index < -0.39 is 22.8 Å². The summed E-state index contributed by atoms with van der Waals surface area (Å²) >= 11 is 0. The van der Waals surface area contributed by atoms with Crippen molar-refractivity contribution in [3.63, 3.8) is 0 Å². The summed E-state index contributed by atoms with van der Waals surface area (Å²) in [5.41, 5.74) is -0.896. The highest BCUT2D eigenvalue weighted by molar-refractivity contribution is 5.82. The van der Waals surface area contributed by atoms with Gasteiger partial charge in [-0.1, -0.05) is 18.2 Å². The van der Waals surface area contributed by atoms with Crippen molar-refractivity contribution in [3.8, 4) is 17.9 Å². The van der Waals surface area contributed by atoms with E-state index in [-0.39, 0.29) is 11.4 Å². The van der Waals surface area contributed by atoms with Crippen molar-refractivity contribution in [1.29, 1.82) is 10.5 Å². The molecule has 144 valence electrons. The summed E-state index contributed by atoms with van der Waals surface area (Å²) in [5.74, 6) is -1.40. The van der Waals surface area contributed by atoms with Crippen LogP contribution in [0.1, 0.15) is 18.1 Å². The zero-order valence-electron chi connectivity index (χ0n) is 15.5. The van der Waals surface area contributed by atoms with Crippen LogP contribution in [0.5, 0.6) is 5.75 Å². The molecule has 0 heterocycles. The molecule has 0 aliphatic carbocycles. The Balaban J connectivity index is 2.11. The maximum Gasteiger partial charge on any atom is 0.168 e. The van der Waals surface area contributed by atoms with Crippen molar-refractivity contribution in [2.75, 3.05) is 17.2 Å². The van der Waals surface area contributed by atoms with Crippen molar-refractivity contribution >= 4 is 22.7 Å². The minimum atomic E-state index is -1.02. The summed E-state index contributed by atoms with van der Waals surface area (Å²) in [5, 5.41) is 24.1. The average molecular weight is 390 g/mol. The monoisotopic (exact) mass is 390 g/mol. The summed E-state index contributed by atoms with van der Waals surface area (Å²) in [6.07, 6.45) is 0. The Morgan fingerprint density at radius 3 is 1.72 bits per heavy atom. The fraction of sp³-hybridized carbons (Fsp3) is 0.0909. The maximum atomic E-state index is 15.1. The van der Waals surface area contributed by atoms with Gasteiger partial charge in [-0.3, -0.25) is 0 Å². The van der Waals surface area contributed by atoms with Crippen LogP contribution >= 0.6 is 0 Å². The molecular weight excluding hydrogens is 374 g/mol. The third-order valence-corrected chi connectivity index (χ3v) is 4.08. The van der Waals surface area contributed by atoms with Crippen LogP contribution in [-0.4, -0.2) is 6.61 Å². The van der Waals surface area contributed by atoms with Crippen LogP contribution < -0.4 is 15.4 Å². The van der Waals surface area contributed by atoms with Gasteiger partial charge in [-0.25, -0.2) is 8.78 Å². The lowest BCUT2D eigenvalue weighted by Gasteiger charge is -2.18. The van der Waals surface area contributed by atoms with Crippen LogP contribution in [0.4, 0.5) is 31.5 Å². The quantitative estimate of drug-likeness (QED) is 0.573. The second-order valence-electron chi connectivity index (χ2n) is 5.92. The molecule has 0 radical (unpaired) electrons. The highest BCUT2D eigenvalue weighted by Crippen LogP contribution is 2.38. The number of nitrogens with zero attached hydrogens (tertiary/aromatic N) is 2. The van der Waals surface area contributed by atoms with Gasteiger partial charge in [0.25, 0.3) is 0 Å². The summed E-state index contributed by atoms with van der Waals surface area (Å²) in [6, 6.07) is 18.4.